The van der Waals surface area contributed by atoms with Crippen LogP contribution < -0.4 is 5.32 Å². The number of nitriles is 1. The van der Waals surface area contributed by atoms with Crippen molar-refractivity contribution in [1.29, 1.82) is 5.26 Å². The topological polar surface area (TPSA) is 109 Å². The largest absolute Gasteiger partial charge is 0.433 e. The summed E-state index contributed by atoms with van der Waals surface area (Å²) in [7, 11) is 0. The summed E-state index contributed by atoms with van der Waals surface area (Å²) in [5.74, 6) is -0.122. The zero-order valence-corrected chi connectivity index (χ0v) is 14.3. The predicted octanol–water partition coefficient (Wildman–Crippen LogP) is 2.44. The molecule has 1 amide bonds. The van der Waals surface area contributed by atoms with E-state index in [2.05, 4.69) is 25.4 Å². The van der Waals surface area contributed by atoms with Gasteiger partial charge in [0.1, 0.15) is 23.8 Å². The summed E-state index contributed by atoms with van der Waals surface area (Å²) in [6, 6.07) is 7.42. The Labute approximate surface area is 156 Å². The first kappa shape index (κ1) is 19.0. The molecule has 3 aromatic rings. The summed E-state index contributed by atoms with van der Waals surface area (Å²) in [4.78, 5) is 23.8. The monoisotopic (exact) mass is 387 g/mol. The van der Waals surface area contributed by atoms with Gasteiger partial charge in [0.25, 0.3) is 5.91 Å². The van der Waals surface area contributed by atoms with Crippen molar-refractivity contribution >= 4 is 5.91 Å². The van der Waals surface area contributed by atoms with Crippen molar-refractivity contribution in [3.63, 3.8) is 0 Å². The molecule has 0 saturated heterocycles. The van der Waals surface area contributed by atoms with Crippen molar-refractivity contribution in [2.45, 2.75) is 19.1 Å². The smallest absolute Gasteiger partial charge is 0.341 e. The normalized spacial score (nSPS) is 12.2. The van der Waals surface area contributed by atoms with E-state index in [1.54, 1.807) is 19.1 Å². The van der Waals surface area contributed by atoms with Crippen LogP contribution in [0, 0.1) is 11.3 Å². The third kappa shape index (κ3) is 3.96. The molecule has 3 heterocycles. The highest BCUT2D eigenvalue weighted by Gasteiger charge is 2.33. The lowest BCUT2D eigenvalue weighted by Crippen LogP contribution is -2.30. The summed E-state index contributed by atoms with van der Waals surface area (Å²) in [5, 5.41) is 15.4. The Kier molecular flexibility index (Phi) is 5.04. The molecular formula is C17H12F3N7O. The first-order chi connectivity index (χ1) is 13.3. The van der Waals surface area contributed by atoms with Crippen molar-refractivity contribution in [1.82, 2.24) is 30.0 Å². The molecule has 3 rings (SSSR count). The first-order valence-corrected chi connectivity index (χ1v) is 7.91. The summed E-state index contributed by atoms with van der Waals surface area (Å²) in [6.07, 6.45) is -2.04. The Morgan fingerprint density at radius 3 is 2.68 bits per heavy atom. The minimum atomic E-state index is -4.65. The van der Waals surface area contributed by atoms with Crippen LogP contribution in [0.2, 0.25) is 0 Å². The number of pyridine rings is 2. The molecule has 0 aliphatic carbocycles. The van der Waals surface area contributed by atoms with E-state index < -0.39 is 23.8 Å². The molecule has 142 valence electrons. The van der Waals surface area contributed by atoms with Gasteiger partial charge >= 0.3 is 6.18 Å². The molecule has 3 aromatic heterocycles. The van der Waals surface area contributed by atoms with Crippen LogP contribution in [-0.2, 0) is 6.18 Å². The van der Waals surface area contributed by atoms with E-state index in [1.807, 2.05) is 6.07 Å². The van der Waals surface area contributed by atoms with Gasteiger partial charge in [0, 0.05) is 6.20 Å². The van der Waals surface area contributed by atoms with Gasteiger partial charge in [-0.05, 0) is 31.2 Å². The Morgan fingerprint density at radius 1 is 1.25 bits per heavy atom. The number of carbonyl (C=O) groups excluding carboxylic acids is 1. The fourth-order valence-corrected chi connectivity index (χ4v) is 2.35. The van der Waals surface area contributed by atoms with Gasteiger partial charge in [0.15, 0.2) is 11.6 Å². The van der Waals surface area contributed by atoms with Gasteiger partial charge in [-0.1, -0.05) is 6.07 Å². The van der Waals surface area contributed by atoms with Gasteiger partial charge in [-0.15, -0.1) is 0 Å². The lowest BCUT2D eigenvalue weighted by atomic mass is 10.2. The lowest BCUT2D eigenvalue weighted by molar-refractivity contribution is -0.141. The quantitative estimate of drug-likeness (QED) is 0.736. The van der Waals surface area contributed by atoms with Gasteiger partial charge in [0.2, 0.25) is 0 Å². The number of halogens is 3. The number of nitrogens with one attached hydrogen (secondary N) is 1. The minimum absolute atomic E-state index is 0.303. The zero-order valence-electron chi connectivity index (χ0n) is 14.3. The molecule has 0 aliphatic heterocycles. The number of alkyl halides is 3. The number of hydrogen-bond donors (Lipinski definition) is 1. The molecule has 0 bridgehead atoms. The molecule has 8 nitrogen and oxygen atoms in total. The maximum Gasteiger partial charge on any atom is 0.433 e. The van der Waals surface area contributed by atoms with E-state index in [1.165, 1.54) is 23.3 Å². The third-order valence-electron chi connectivity index (χ3n) is 3.68. The van der Waals surface area contributed by atoms with E-state index in [0.29, 0.717) is 17.2 Å². The summed E-state index contributed by atoms with van der Waals surface area (Å²) in [6.45, 7) is 1.59. The Hall–Kier alpha value is -3.81. The SMILES string of the molecule is C[C@H](NC(=O)c1cccc(C(F)(F)F)n1)c1ncnn1-c1ccc(C#N)cn1. The highest BCUT2D eigenvalue weighted by molar-refractivity contribution is 5.92. The maximum absolute atomic E-state index is 12.8. The van der Waals surface area contributed by atoms with E-state index in [-0.39, 0.29) is 5.69 Å². The van der Waals surface area contributed by atoms with Crippen LogP contribution in [0.5, 0.6) is 0 Å². The highest BCUT2D eigenvalue weighted by atomic mass is 19.4. The first-order valence-electron chi connectivity index (χ1n) is 7.91. The summed E-state index contributed by atoms with van der Waals surface area (Å²) >= 11 is 0. The summed E-state index contributed by atoms with van der Waals surface area (Å²) < 4.78 is 39.7. The number of nitrogens with zero attached hydrogens (tertiary/aromatic N) is 6. The van der Waals surface area contributed by atoms with Gasteiger partial charge in [-0.3, -0.25) is 4.79 Å². The van der Waals surface area contributed by atoms with Gasteiger partial charge in [0.05, 0.1) is 11.6 Å². The second-order valence-electron chi connectivity index (χ2n) is 5.65. The van der Waals surface area contributed by atoms with Crippen molar-refractivity contribution in [3.8, 4) is 11.9 Å². The fourth-order valence-electron chi connectivity index (χ4n) is 2.35. The van der Waals surface area contributed by atoms with Crippen LogP contribution in [0.4, 0.5) is 13.2 Å². The Morgan fingerprint density at radius 2 is 2.04 bits per heavy atom. The van der Waals surface area contributed by atoms with Crippen LogP contribution in [0.1, 0.15) is 40.5 Å². The molecule has 0 unspecified atom stereocenters. The molecule has 0 radical (unpaired) electrons. The van der Waals surface area contributed by atoms with Crippen LogP contribution >= 0.6 is 0 Å². The van der Waals surface area contributed by atoms with Gasteiger partial charge in [-0.2, -0.15) is 28.2 Å². The number of hydrogen-bond acceptors (Lipinski definition) is 6. The van der Waals surface area contributed by atoms with E-state index >= 15 is 0 Å². The molecule has 0 spiro atoms. The van der Waals surface area contributed by atoms with Gasteiger partial charge in [-0.25, -0.2) is 15.0 Å². The molecule has 11 heteroatoms. The van der Waals surface area contributed by atoms with Crippen molar-refractivity contribution in [3.05, 3.63) is 65.6 Å². The second-order valence-corrected chi connectivity index (χ2v) is 5.65. The maximum atomic E-state index is 12.8. The standard InChI is InChI=1S/C17H12F3N7O/c1-10(25-16(28)12-3-2-4-13(26-12)17(18,19)20)15-23-9-24-27(15)14-6-5-11(7-21)8-22-14/h2-6,8-10H,1H3,(H,25,28)/t10-/m0/s1. The van der Waals surface area contributed by atoms with Crippen LogP contribution in [0.3, 0.4) is 0 Å². The van der Waals surface area contributed by atoms with Gasteiger partial charge < -0.3 is 5.32 Å². The number of carbonyl (C=O) groups is 1. The fraction of sp³-hybridized carbons (Fsp3) is 0.176. The lowest BCUT2D eigenvalue weighted by Gasteiger charge is -2.14. The molecule has 1 atom stereocenters. The van der Waals surface area contributed by atoms with Crippen molar-refractivity contribution in [2.75, 3.05) is 0 Å². The Bertz CT molecular complexity index is 1040. The zero-order chi connectivity index (χ0) is 20.3. The predicted molar refractivity (Wildman–Crippen MR) is 89.0 cm³/mol. The molecule has 0 aliphatic rings. The average Bonchev–Trinajstić information content (AvgIpc) is 3.17. The molecule has 28 heavy (non-hydrogen) atoms. The third-order valence-corrected chi connectivity index (χ3v) is 3.68. The van der Waals surface area contributed by atoms with E-state index in [0.717, 1.165) is 12.1 Å². The van der Waals surface area contributed by atoms with E-state index in [4.69, 9.17) is 5.26 Å². The van der Waals surface area contributed by atoms with Crippen LogP contribution in [0.25, 0.3) is 5.82 Å². The highest BCUT2D eigenvalue weighted by Crippen LogP contribution is 2.27. The number of aromatic nitrogens is 5. The van der Waals surface area contributed by atoms with Crippen LogP contribution in [-0.4, -0.2) is 30.6 Å². The number of amides is 1. The second kappa shape index (κ2) is 7.43. The molecule has 1 N–H and O–H groups in total. The van der Waals surface area contributed by atoms with Crippen LogP contribution in [0.15, 0.2) is 42.9 Å². The molecular weight excluding hydrogens is 375 g/mol. The van der Waals surface area contributed by atoms with E-state index in [9.17, 15) is 18.0 Å². The molecule has 0 aromatic carbocycles. The van der Waals surface area contributed by atoms with Crippen molar-refractivity contribution in [2.24, 2.45) is 0 Å². The number of rotatable bonds is 4. The molecule has 0 saturated carbocycles. The summed E-state index contributed by atoms with van der Waals surface area (Å²) in [5.41, 5.74) is -1.16. The van der Waals surface area contributed by atoms with Crippen molar-refractivity contribution < 1.29 is 18.0 Å². The minimum Gasteiger partial charge on any atom is -0.341 e. The molecule has 0 fully saturated rings. The average molecular weight is 387 g/mol. The Balaban J connectivity index is 1.81.